The summed E-state index contributed by atoms with van der Waals surface area (Å²) in [5, 5.41) is 16.8. The molecule has 0 saturated heterocycles. The zero-order valence-corrected chi connectivity index (χ0v) is 13.7. The van der Waals surface area contributed by atoms with E-state index in [2.05, 4.69) is 15.4 Å². The topological polar surface area (TPSA) is 66.3 Å². The first-order valence-corrected chi connectivity index (χ1v) is 7.94. The van der Waals surface area contributed by atoms with Crippen molar-refractivity contribution < 1.29 is 14.3 Å². The largest absolute Gasteiger partial charge is 0.366 e. The van der Waals surface area contributed by atoms with E-state index in [0.717, 1.165) is 10.3 Å². The molecule has 0 aliphatic rings. The van der Waals surface area contributed by atoms with Gasteiger partial charge in [0.25, 0.3) is 0 Å². The lowest BCUT2D eigenvalue weighted by molar-refractivity contribution is -0.904. The molecule has 0 amide bonds. The van der Waals surface area contributed by atoms with Gasteiger partial charge in [-0.1, -0.05) is 12.1 Å². The highest BCUT2D eigenvalue weighted by Gasteiger charge is 2.13. The Bertz CT molecular complexity index is 1080. The summed E-state index contributed by atoms with van der Waals surface area (Å²) in [6.07, 6.45) is 4.58. The summed E-state index contributed by atoms with van der Waals surface area (Å²) in [6.45, 7) is 0.483. The predicted octanol–water partition coefficient (Wildman–Crippen LogP) is 1.47. The van der Waals surface area contributed by atoms with E-state index in [0.29, 0.717) is 34.7 Å². The molecule has 3 heterocycles. The molecule has 26 heavy (non-hydrogen) atoms. The number of benzene rings is 1. The highest BCUT2D eigenvalue weighted by molar-refractivity contribution is 6.36. The first kappa shape index (κ1) is 16.1. The molecule has 0 aliphatic carbocycles. The average Bonchev–Trinajstić information content (AvgIpc) is 3.02. The van der Waals surface area contributed by atoms with E-state index < -0.39 is 0 Å². The van der Waals surface area contributed by atoms with Crippen molar-refractivity contribution in [2.45, 2.75) is 6.54 Å². The minimum Gasteiger partial charge on any atom is -0.366 e. The number of pyridine rings is 1. The normalized spacial score (nSPS) is 11.0. The van der Waals surface area contributed by atoms with E-state index in [-0.39, 0.29) is 5.82 Å². The minimum absolute atomic E-state index is 0.357. The van der Waals surface area contributed by atoms with Crippen LogP contribution < -0.4 is 15.5 Å². The summed E-state index contributed by atoms with van der Waals surface area (Å²) < 4.78 is 16.7. The van der Waals surface area contributed by atoms with Crippen LogP contribution in [0.3, 0.4) is 0 Å². The first-order chi connectivity index (χ1) is 12.6. The van der Waals surface area contributed by atoms with Gasteiger partial charge in [-0.25, -0.2) is 9.37 Å². The Labute approximate surface area is 149 Å². The Hall–Kier alpha value is -3.42. The van der Waals surface area contributed by atoms with E-state index in [1.807, 2.05) is 0 Å². The molecular weight excluding hydrogens is 332 g/mol. The summed E-state index contributed by atoms with van der Waals surface area (Å²) in [5.41, 5.74) is 2.67. The molecule has 0 atom stereocenters. The zero-order valence-electron chi connectivity index (χ0n) is 13.7. The maximum atomic E-state index is 14.2. The van der Waals surface area contributed by atoms with Crippen LogP contribution in [0.1, 0.15) is 5.56 Å². The molecule has 1 aromatic carbocycles. The number of nitrogens with zero attached hydrogens (tertiary/aromatic N) is 4. The Balaban J connectivity index is 1.75. The number of rotatable bonds is 4. The fourth-order valence-electron chi connectivity index (χ4n) is 2.67. The van der Waals surface area contributed by atoms with Crippen molar-refractivity contribution in [2.75, 3.05) is 5.32 Å². The molecule has 126 valence electrons. The maximum absolute atomic E-state index is 14.2. The number of halogens is 1. The van der Waals surface area contributed by atoms with Crippen LogP contribution in [-0.4, -0.2) is 27.7 Å². The molecule has 0 spiro atoms. The van der Waals surface area contributed by atoms with Crippen LogP contribution >= 0.6 is 0 Å². The van der Waals surface area contributed by atoms with E-state index in [1.165, 1.54) is 24.7 Å². The average molecular weight is 346 g/mol. The van der Waals surface area contributed by atoms with Gasteiger partial charge in [0.05, 0.1) is 5.69 Å². The van der Waals surface area contributed by atoms with Gasteiger partial charge in [-0.05, 0) is 23.2 Å². The van der Waals surface area contributed by atoms with Crippen molar-refractivity contribution in [3.63, 3.8) is 0 Å². The van der Waals surface area contributed by atoms with Crippen molar-refractivity contribution in [3.8, 4) is 11.3 Å². The fraction of sp³-hybridized carbons (Fsp3) is 0.0556. The van der Waals surface area contributed by atoms with Crippen LogP contribution in [0.15, 0.2) is 61.1 Å². The third kappa shape index (κ3) is 2.97. The predicted molar refractivity (Wildman–Crippen MR) is 94.9 cm³/mol. The van der Waals surface area contributed by atoms with Crippen LogP contribution in [0.25, 0.3) is 16.9 Å². The molecule has 0 saturated carbocycles. The van der Waals surface area contributed by atoms with Gasteiger partial charge in [-0.3, -0.25) is 5.21 Å². The molecule has 3 aromatic heterocycles. The number of fused-ring (bicyclic) bond motifs is 1. The number of aromatic nitrogens is 4. The van der Waals surface area contributed by atoms with Crippen LogP contribution in [0.4, 0.5) is 10.2 Å². The maximum Gasteiger partial charge on any atom is 0.222 e. The quantitative estimate of drug-likeness (QED) is 0.334. The summed E-state index contributed by atoms with van der Waals surface area (Å²) >= 11 is 0. The molecule has 2 N–H and O–H groups in total. The van der Waals surface area contributed by atoms with Gasteiger partial charge in [0, 0.05) is 41.2 Å². The third-order valence-corrected chi connectivity index (χ3v) is 4.01. The molecule has 4 aromatic rings. The van der Waals surface area contributed by atoms with Crippen LogP contribution in [0, 0.1) is 5.82 Å². The van der Waals surface area contributed by atoms with E-state index >= 15 is 0 Å². The second kappa shape index (κ2) is 6.47. The lowest BCUT2D eigenvalue weighted by Crippen LogP contribution is -2.28. The molecule has 6 nitrogen and oxygen atoms in total. The van der Waals surface area contributed by atoms with Gasteiger partial charge < -0.3 is 5.32 Å². The molecule has 0 bridgehead atoms. The molecule has 4 rings (SSSR count). The van der Waals surface area contributed by atoms with Crippen LogP contribution in [-0.2, 0) is 6.54 Å². The highest BCUT2D eigenvalue weighted by Crippen LogP contribution is 2.24. The molecule has 0 aliphatic heterocycles. The summed E-state index contributed by atoms with van der Waals surface area (Å²) in [7, 11) is 5.96. The van der Waals surface area contributed by atoms with Gasteiger partial charge in [0.2, 0.25) is 12.4 Å². The lowest BCUT2D eigenvalue weighted by Gasteiger charge is -2.11. The van der Waals surface area contributed by atoms with Gasteiger partial charge in [-0.15, -0.1) is 0 Å². The SMILES string of the molecule is [B]c1cnn2c(NCc3cc[n+](O)cc3)cc(-c3ccccc3F)nc12. The third-order valence-electron chi connectivity index (χ3n) is 4.01. The van der Waals surface area contributed by atoms with Crippen molar-refractivity contribution in [3.05, 3.63) is 72.4 Å². The summed E-state index contributed by atoms with van der Waals surface area (Å²) in [4.78, 5) is 4.45. The smallest absolute Gasteiger partial charge is 0.222 e. The van der Waals surface area contributed by atoms with Gasteiger partial charge in [0.15, 0.2) is 5.65 Å². The zero-order chi connectivity index (χ0) is 18.1. The minimum atomic E-state index is -0.357. The lowest BCUT2D eigenvalue weighted by atomic mass is 10.0. The van der Waals surface area contributed by atoms with E-state index in [9.17, 15) is 9.60 Å². The number of hydrogen-bond donors (Lipinski definition) is 2. The van der Waals surface area contributed by atoms with Gasteiger partial charge in [0.1, 0.15) is 19.5 Å². The molecule has 8 heteroatoms. The number of hydrogen-bond acceptors (Lipinski definition) is 4. The van der Waals surface area contributed by atoms with Crippen molar-refractivity contribution in [1.29, 1.82) is 0 Å². The van der Waals surface area contributed by atoms with E-state index in [1.54, 1.807) is 40.9 Å². The molecular formula is C18H14BFN5O+. The van der Waals surface area contributed by atoms with Gasteiger partial charge in [-0.2, -0.15) is 9.61 Å². The number of anilines is 1. The Morgan fingerprint density at radius 1 is 1.19 bits per heavy atom. The highest BCUT2D eigenvalue weighted by atomic mass is 19.1. The Morgan fingerprint density at radius 3 is 2.73 bits per heavy atom. The Morgan fingerprint density at radius 2 is 1.96 bits per heavy atom. The van der Waals surface area contributed by atoms with Crippen LogP contribution in [0.2, 0.25) is 0 Å². The second-order valence-electron chi connectivity index (χ2n) is 5.78. The fourth-order valence-corrected chi connectivity index (χ4v) is 2.67. The Kier molecular flexibility index (Phi) is 4.00. The van der Waals surface area contributed by atoms with Crippen molar-refractivity contribution in [1.82, 2.24) is 14.6 Å². The monoisotopic (exact) mass is 346 g/mol. The van der Waals surface area contributed by atoms with Gasteiger partial charge >= 0.3 is 0 Å². The molecule has 2 radical (unpaired) electrons. The summed E-state index contributed by atoms with van der Waals surface area (Å²) in [5.74, 6) is 0.273. The van der Waals surface area contributed by atoms with Crippen molar-refractivity contribution >= 4 is 24.8 Å². The van der Waals surface area contributed by atoms with E-state index in [4.69, 9.17) is 7.85 Å². The van der Waals surface area contributed by atoms with Crippen molar-refractivity contribution in [2.24, 2.45) is 0 Å². The standard InChI is InChI=1S/C18H14BFN5O/c19-14-11-22-25-17(21-10-12-5-7-24(26)8-6-12)9-16(23-18(14)25)13-3-1-2-4-15(13)20/h1-9,11,21,26H,10H2/q+1. The summed E-state index contributed by atoms with van der Waals surface area (Å²) in [6, 6.07) is 11.7. The number of nitrogens with one attached hydrogen (secondary N) is 1. The molecule has 0 unspecified atom stereocenters. The van der Waals surface area contributed by atoms with Crippen LogP contribution in [0.5, 0.6) is 0 Å². The second-order valence-corrected chi connectivity index (χ2v) is 5.78. The molecule has 0 fully saturated rings. The first-order valence-electron chi connectivity index (χ1n) is 7.94.